The van der Waals surface area contributed by atoms with Gasteiger partial charge in [-0.05, 0) is 71.2 Å². The highest BCUT2D eigenvalue weighted by atomic mass is 79.9. The summed E-state index contributed by atoms with van der Waals surface area (Å²) in [7, 11) is 0. The topological polar surface area (TPSA) is 52.6 Å². The number of carbonyl (C=O) groups excluding carboxylic acids is 2. The number of benzene rings is 1. The molecule has 0 saturated heterocycles. The molecule has 0 aliphatic heterocycles. The highest BCUT2D eigenvalue weighted by molar-refractivity contribution is 9.25. The second-order valence-electron chi connectivity index (χ2n) is 5.82. The third-order valence-electron chi connectivity index (χ3n) is 2.74. The maximum atomic E-state index is 14.5. The molecule has 23 heavy (non-hydrogen) atoms. The first kappa shape index (κ1) is 20.1. The Kier molecular flexibility index (Phi) is 6.77. The van der Waals surface area contributed by atoms with Gasteiger partial charge in [0.2, 0.25) is 3.49 Å². The Hall–Kier alpha value is -0.950. The summed E-state index contributed by atoms with van der Waals surface area (Å²) in [6, 6.07) is 6.22. The van der Waals surface area contributed by atoms with Crippen molar-refractivity contribution < 1.29 is 23.5 Å². The number of halogens is 3. The van der Waals surface area contributed by atoms with Crippen LogP contribution in [0.4, 0.5) is 4.39 Å². The first-order valence-corrected chi connectivity index (χ1v) is 8.61. The van der Waals surface area contributed by atoms with E-state index in [0.29, 0.717) is 0 Å². The Bertz CT molecular complexity index is 576. The van der Waals surface area contributed by atoms with Crippen molar-refractivity contribution in [2.24, 2.45) is 0 Å². The van der Waals surface area contributed by atoms with E-state index in [1.54, 1.807) is 39.8 Å². The monoisotopic (exact) mass is 452 g/mol. The molecular weight excluding hydrogens is 435 g/mol. The van der Waals surface area contributed by atoms with E-state index >= 15 is 0 Å². The van der Waals surface area contributed by atoms with Crippen molar-refractivity contribution in [1.82, 2.24) is 0 Å². The van der Waals surface area contributed by atoms with E-state index in [9.17, 15) is 14.0 Å². The lowest BCUT2D eigenvalue weighted by atomic mass is 9.95. The molecule has 1 atom stereocenters. The standard InChI is InChI=1S/C16H19Br2FO4/c1-5-22-14(21)12(16(17,18)19)10-8-6-7-9-11(10)13(20)23-15(2,3)4/h6-9,12H,5H2,1-4H3. The summed E-state index contributed by atoms with van der Waals surface area (Å²) >= 11 is 5.59. The van der Waals surface area contributed by atoms with E-state index in [-0.39, 0.29) is 17.7 Å². The fourth-order valence-corrected chi connectivity index (χ4v) is 2.80. The largest absolute Gasteiger partial charge is 0.465 e. The Morgan fingerprint density at radius 1 is 1.22 bits per heavy atom. The van der Waals surface area contributed by atoms with Crippen LogP contribution in [0.2, 0.25) is 0 Å². The number of hydrogen-bond donors (Lipinski definition) is 0. The first-order chi connectivity index (χ1) is 10.5. The molecule has 0 aliphatic carbocycles. The minimum Gasteiger partial charge on any atom is -0.465 e. The summed E-state index contributed by atoms with van der Waals surface area (Å²) in [5.74, 6) is -2.79. The molecule has 1 unspecified atom stereocenters. The van der Waals surface area contributed by atoms with Crippen molar-refractivity contribution in [3.63, 3.8) is 0 Å². The van der Waals surface area contributed by atoms with Crippen molar-refractivity contribution >= 4 is 43.8 Å². The molecule has 0 aromatic heterocycles. The molecule has 0 bridgehead atoms. The fraction of sp³-hybridized carbons (Fsp3) is 0.500. The molecular formula is C16H19Br2FO4. The second kappa shape index (κ2) is 7.75. The summed E-state index contributed by atoms with van der Waals surface area (Å²) in [5.41, 5.74) is -0.419. The number of rotatable bonds is 5. The van der Waals surface area contributed by atoms with Gasteiger partial charge < -0.3 is 9.47 Å². The number of carbonyl (C=O) groups is 2. The van der Waals surface area contributed by atoms with Crippen LogP contribution in [0.25, 0.3) is 0 Å². The van der Waals surface area contributed by atoms with Crippen LogP contribution in [0.5, 0.6) is 0 Å². The molecule has 1 aromatic rings. The van der Waals surface area contributed by atoms with E-state index in [4.69, 9.17) is 9.47 Å². The van der Waals surface area contributed by atoms with Gasteiger partial charge in [0.05, 0.1) is 12.2 Å². The van der Waals surface area contributed by atoms with Crippen molar-refractivity contribution in [2.45, 2.75) is 42.7 Å². The normalized spacial score (nSPS) is 13.3. The Morgan fingerprint density at radius 2 is 1.78 bits per heavy atom. The quantitative estimate of drug-likeness (QED) is 0.478. The Balaban J connectivity index is 3.34. The predicted molar refractivity (Wildman–Crippen MR) is 92.7 cm³/mol. The van der Waals surface area contributed by atoms with Crippen LogP contribution >= 0.6 is 31.9 Å². The van der Waals surface area contributed by atoms with Crippen LogP contribution in [0.1, 0.15) is 49.5 Å². The van der Waals surface area contributed by atoms with Gasteiger partial charge in [0.25, 0.3) is 0 Å². The van der Waals surface area contributed by atoms with Gasteiger partial charge in [-0.3, -0.25) is 4.79 Å². The Labute approximate surface area is 152 Å². The van der Waals surface area contributed by atoms with Crippen LogP contribution in [0.15, 0.2) is 24.3 Å². The number of hydrogen-bond acceptors (Lipinski definition) is 4. The van der Waals surface area contributed by atoms with Gasteiger partial charge in [-0.15, -0.1) is 0 Å². The Morgan fingerprint density at radius 3 is 2.26 bits per heavy atom. The van der Waals surface area contributed by atoms with Gasteiger partial charge in [-0.25, -0.2) is 9.18 Å². The van der Waals surface area contributed by atoms with Gasteiger partial charge in [0.15, 0.2) is 0 Å². The van der Waals surface area contributed by atoms with Crippen LogP contribution in [-0.4, -0.2) is 27.6 Å². The fourth-order valence-electron chi connectivity index (χ4n) is 1.93. The molecule has 0 spiro atoms. The molecule has 0 saturated carbocycles. The highest BCUT2D eigenvalue weighted by Gasteiger charge is 2.43. The van der Waals surface area contributed by atoms with E-state index in [1.807, 2.05) is 0 Å². The van der Waals surface area contributed by atoms with Crippen LogP contribution in [0, 0.1) is 0 Å². The van der Waals surface area contributed by atoms with Gasteiger partial charge in [-0.1, -0.05) is 18.2 Å². The van der Waals surface area contributed by atoms with Gasteiger partial charge in [-0.2, -0.15) is 0 Å². The maximum Gasteiger partial charge on any atom is 0.338 e. The van der Waals surface area contributed by atoms with Crippen LogP contribution in [0.3, 0.4) is 0 Å². The molecule has 128 valence electrons. The van der Waals surface area contributed by atoms with Crippen molar-refractivity contribution in [3.05, 3.63) is 35.4 Å². The highest BCUT2D eigenvalue weighted by Crippen LogP contribution is 2.44. The van der Waals surface area contributed by atoms with E-state index in [1.165, 1.54) is 12.1 Å². The number of alkyl halides is 3. The molecule has 0 amide bonds. The second-order valence-corrected chi connectivity index (χ2v) is 9.19. The molecule has 0 fully saturated rings. The van der Waals surface area contributed by atoms with Crippen LogP contribution in [-0.2, 0) is 14.3 Å². The lowest BCUT2D eigenvalue weighted by Crippen LogP contribution is -2.31. The average molecular weight is 454 g/mol. The SMILES string of the molecule is CCOC(=O)C(c1ccccc1C(=O)OC(C)(C)C)C(F)(Br)Br. The number of esters is 2. The van der Waals surface area contributed by atoms with Crippen molar-refractivity contribution in [3.8, 4) is 0 Å². The van der Waals surface area contributed by atoms with E-state index in [2.05, 4.69) is 31.9 Å². The van der Waals surface area contributed by atoms with Gasteiger partial charge >= 0.3 is 11.9 Å². The zero-order valence-electron chi connectivity index (χ0n) is 13.4. The van der Waals surface area contributed by atoms with E-state index in [0.717, 1.165) is 0 Å². The van der Waals surface area contributed by atoms with Gasteiger partial charge in [0, 0.05) is 0 Å². The first-order valence-electron chi connectivity index (χ1n) is 7.03. The lowest BCUT2D eigenvalue weighted by Gasteiger charge is -2.25. The van der Waals surface area contributed by atoms with E-state index < -0.39 is 26.9 Å². The predicted octanol–water partition coefficient (Wildman–Crippen LogP) is 4.70. The average Bonchev–Trinajstić information content (AvgIpc) is 2.36. The smallest absolute Gasteiger partial charge is 0.338 e. The van der Waals surface area contributed by atoms with Crippen molar-refractivity contribution in [2.75, 3.05) is 6.61 Å². The summed E-state index contributed by atoms with van der Waals surface area (Å²) in [5, 5.41) is 0. The minimum atomic E-state index is -2.26. The zero-order valence-corrected chi connectivity index (χ0v) is 16.5. The summed E-state index contributed by atoms with van der Waals surface area (Å²) in [6.07, 6.45) is 0. The molecule has 0 heterocycles. The molecule has 4 nitrogen and oxygen atoms in total. The molecule has 0 aliphatic rings. The van der Waals surface area contributed by atoms with Crippen LogP contribution < -0.4 is 0 Å². The summed E-state index contributed by atoms with van der Waals surface area (Å²) in [4.78, 5) is 24.5. The van der Waals surface area contributed by atoms with Gasteiger partial charge in [0.1, 0.15) is 11.5 Å². The third kappa shape index (κ3) is 5.88. The molecule has 1 rings (SSSR count). The molecule has 1 aromatic carbocycles. The zero-order chi connectivity index (χ0) is 17.8. The maximum absolute atomic E-state index is 14.5. The van der Waals surface area contributed by atoms with Crippen molar-refractivity contribution in [1.29, 1.82) is 0 Å². The molecule has 0 radical (unpaired) electrons. The lowest BCUT2D eigenvalue weighted by molar-refractivity contribution is -0.145. The molecule has 7 heteroatoms. The third-order valence-corrected chi connectivity index (χ3v) is 3.66. The summed E-state index contributed by atoms with van der Waals surface area (Å²) in [6.45, 7) is 6.90. The molecule has 0 N–H and O–H groups in total. The number of ether oxygens (including phenoxy) is 2. The summed E-state index contributed by atoms with van der Waals surface area (Å²) < 4.78 is 22.5. The minimum absolute atomic E-state index is 0.0972.